The summed E-state index contributed by atoms with van der Waals surface area (Å²) in [5, 5.41) is 26.4. The third-order valence-corrected chi connectivity index (χ3v) is 3.69. The lowest BCUT2D eigenvalue weighted by molar-refractivity contribution is -0.393. The molecular weight excluding hydrogens is 348 g/mol. The van der Waals surface area contributed by atoms with Crippen molar-refractivity contribution in [3.8, 4) is 0 Å². The standard InChI is InChI=1S/C19H20N4O4/c1-19(2,3)18(12-9-14-7-5-4-6-8-14)21-20-16-11-10-15(22(24)25)13-17(16)23(26)27/h4-13,20H,1-3H3/b12-9+,21-18+. The Kier molecular flexibility index (Phi) is 6.02. The predicted octanol–water partition coefficient (Wildman–Crippen LogP) is 5.03. The van der Waals surface area contributed by atoms with E-state index in [1.807, 2.05) is 63.3 Å². The van der Waals surface area contributed by atoms with E-state index in [-0.39, 0.29) is 16.8 Å². The molecule has 27 heavy (non-hydrogen) atoms. The lowest BCUT2D eigenvalue weighted by atomic mass is 9.89. The topological polar surface area (TPSA) is 111 Å². The molecular formula is C19H20N4O4. The number of hydrogen-bond acceptors (Lipinski definition) is 6. The number of hydrazone groups is 1. The molecule has 0 spiro atoms. The molecule has 0 aliphatic carbocycles. The van der Waals surface area contributed by atoms with Crippen molar-refractivity contribution in [1.82, 2.24) is 0 Å². The van der Waals surface area contributed by atoms with E-state index in [4.69, 9.17) is 0 Å². The number of non-ortho nitro benzene ring substituents is 1. The van der Waals surface area contributed by atoms with Gasteiger partial charge in [0.1, 0.15) is 5.69 Å². The minimum Gasteiger partial charge on any atom is -0.271 e. The second kappa shape index (κ2) is 8.22. The Balaban J connectivity index is 2.35. The molecule has 0 amide bonds. The first-order valence-corrected chi connectivity index (χ1v) is 8.18. The second-order valence-corrected chi connectivity index (χ2v) is 6.82. The van der Waals surface area contributed by atoms with Crippen LogP contribution in [0, 0.1) is 25.6 Å². The summed E-state index contributed by atoms with van der Waals surface area (Å²) in [5.41, 5.74) is 3.34. The number of nitrogens with one attached hydrogen (secondary N) is 1. The summed E-state index contributed by atoms with van der Waals surface area (Å²) in [7, 11) is 0. The Hall–Kier alpha value is -3.55. The fraction of sp³-hybridized carbons (Fsp3) is 0.211. The van der Waals surface area contributed by atoms with E-state index in [0.717, 1.165) is 11.6 Å². The summed E-state index contributed by atoms with van der Waals surface area (Å²) in [4.78, 5) is 20.7. The average molecular weight is 368 g/mol. The van der Waals surface area contributed by atoms with Crippen LogP contribution in [0.3, 0.4) is 0 Å². The number of allylic oxidation sites excluding steroid dienone is 1. The number of anilines is 1. The lowest BCUT2D eigenvalue weighted by Crippen LogP contribution is -2.19. The molecule has 0 fully saturated rings. The number of rotatable bonds is 6. The molecule has 2 aromatic rings. The van der Waals surface area contributed by atoms with Gasteiger partial charge in [0, 0.05) is 11.5 Å². The minimum absolute atomic E-state index is 0.0838. The number of nitro groups is 2. The van der Waals surface area contributed by atoms with Gasteiger partial charge in [-0.3, -0.25) is 25.7 Å². The first kappa shape index (κ1) is 19.8. The molecule has 1 N–H and O–H groups in total. The highest BCUT2D eigenvalue weighted by Gasteiger charge is 2.21. The molecule has 0 saturated carbocycles. The third-order valence-electron chi connectivity index (χ3n) is 3.69. The number of hydrogen-bond donors (Lipinski definition) is 1. The molecule has 0 heterocycles. The lowest BCUT2D eigenvalue weighted by Gasteiger charge is -2.18. The van der Waals surface area contributed by atoms with Crippen LogP contribution in [0.2, 0.25) is 0 Å². The van der Waals surface area contributed by atoms with Gasteiger partial charge in [0.05, 0.1) is 21.6 Å². The largest absolute Gasteiger partial charge is 0.301 e. The van der Waals surface area contributed by atoms with Crippen molar-refractivity contribution in [1.29, 1.82) is 0 Å². The van der Waals surface area contributed by atoms with Gasteiger partial charge in [0.25, 0.3) is 5.69 Å². The van der Waals surface area contributed by atoms with Gasteiger partial charge in [0.2, 0.25) is 0 Å². The van der Waals surface area contributed by atoms with Gasteiger partial charge < -0.3 is 0 Å². The minimum atomic E-state index is -0.679. The van der Waals surface area contributed by atoms with Gasteiger partial charge in [-0.25, -0.2) is 0 Å². The molecule has 8 nitrogen and oxygen atoms in total. The van der Waals surface area contributed by atoms with Crippen LogP contribution in [0.15, 0.2) is 59.7 Å². The van der Waals surface area contributed by atoms with Crippen molar-refractivity contribution < 1.29 is 9.85 Å². The van der Waals surface area contributed by atoms with Gasteiger partial charge in [-0.15, -0.1) is 0 Å². The van der Waals surface area contributed by atoms with Crippen LogP contribution in [0.1, 0.15) is 26.3 Å². The number of nitrogens with zero attached hydrogens (tertiary/aromatic N) is 3. The van der Waals surface area contributed by atoms with E-state index in [9.17, 15) is 20.2 Å². The van der Waals surface area contributed by atoms with Crippen molar-refractivity contribution in [3.05, 3.63) is 80.4 Å². The van der Waals surface area contributed by atoms with Crippen molar-refractivity contribution >= 4 is 28.8 Å². The van der Waals surface area contributed by atoms with Gasteiger partial charge in [0.15, 0.2) is 0 Å². The molecule has 8 heteroatoms. The van der Waals surface area contributed by atoms with Crippen LogP contribution < -0.4 is 5.43 Å². The second-order valence-electron chi connectivity index (χ2n) is 6.82. The van der Waals surface area contributed by atoms with Crippen LogP contribution in [0.4, 0.5) is 17.1 Å². The van der Waals surface area contributed by atoms with Crippen LogP contribution in [-0.4, -0.2) is 15.6 Å². The van der Waals surface area contributed by atoms with Crippen LogP contribution in [-0.2, 0) is 0 Å². The maximum Gasteiger partial charge on any atom is 0.301 e. The number of benzene rings is 2. The van der Waals surface area contributed by atoms with Crippen molar-refractivity contribution in [2.24, 2.45) is 10.5 Å². The molecule has 2 aromatic carbocycles. The Labute approximate surface area is 156 Å². The maximum absolute atomic E-state index is 11.2. The molecule has 0 aromatic heterocycles. The van der Waals surface area contributed by atoms with E-state index < -0.39 is 15.5 Å². The Morgan fingerprint density at radius 2 is 1.70 bits per heavy atom. The summed E-state index contributed by atoms with van der Waals surface area (Å²) in [5.74, 6) is 0. The fourth-order valence-corrected chi connectivity index (χ4v) is 2.19. The third kappa shape index (κ3) is 5.46. The number of nitro benzene ring substituents is 2. The van der Waals surface area contributed by atoms with E-state index in [0.29, 0.717) is 5.71 Å². The first-order valence-electron chi connectivity index (χ1n) is 8.18. The molecule has 0 aliphatic heterocycles. The highest BCUT2D eigenvalue weighted by Crippen LogP contribution is 2.29. The van der Waals surface area contributed by atoms with Crippen LogP contribution >= 0.6 is 0 Å². The van der Waals surface area contributed by atoms with Gasteiger partial charge in [-0.2, -0.15) is 5.10 Å². The zero-order valence-electron chi connectivity index (χ0n) is 15.2. The summed E-state index contributed by atoms with van der Waals surface area (Å²) >= 11 is 0. The molecule has 0 radical (unpaired) electrons. The Morgan fingerprint density at radius 3 is 2.26 bits per heavy atom. The maximum atomic E-state index is 11.2. The smallest absolute Gasteiger partial charge is 0.271 e. The quantitative estimate of drug-likeness (QED) is 0.437. The van der Waals surface area contributed by atoms with Crippen LogP contribution in [0.5, 0.6) is 0 Å². The van der Waals surface area contributed by atoms with Crippen molar-refractivity contribution in [2.75, 3.05) is 5.43 Å². The van der Waals surface area contributed by atoms with Gasteiger partial charge in [-0.05, 0) is 17.7 Å². The Morgan fingerprint density at radius 1 is 1.04 bits per heavy atom. The van der Waals surface area contributed by atoms with E-state index in [1.54, 1.807) is 0 Å². The van der Waals surface area contributed by atoms with Crippen molar-refractivity contribution in [2.45, 2.75) is 20.8 Å². The molecule has 0 unspecified atom stereocenters. The SMILES string of the molecule is CC(C)(C)C(/C=C/c1ccccc1)=N/Nc1ccc([N+](=O)[O-])cc1[N+](=O)[O-]. The van der Waals surface area contributed by atoms with Crippen LogP contribution in [0.25, 0.3) is 6.08 Å². The molecule has 140 valence electrons. The molecule has 2 rings (SSSR count). The first-order chi connectivity index (χ1) is 12.7. The highest BCUT2D eigenvalue weighted by atomic mass is 16.6. The molecule has 0 bridgehead atoms. The zero-order valence-corrected chi connectivity index (χ0v) is 15.2. The zero-order chi connectivity index (χ0) is 20.0. The normalized spacial score (nSPS) is 12.2. The molecule has 0 atom stereocenters. The summed E-state index contributed by atoms with van der Waals surface area (Å²) in [6, 6.07) is 13.1. The van der Waals surface area contributed by atoms with E-state index in [2.05, 4.69) is 10.5 Å². The van der Waals surface area contributed by atoms with E-state index >= 15 is 0 Å². The molecule has 0 saturated heterocycles. The monoisotopic (exact) mass is 368 g/mol. The average Bonchev–Trinajstić information content (AvgIpc) is 2.61. The summed E-state index contributed by atoms with van der Waals surface area (Å²) in [6.45, 7) is 5.90. The Bertz CT molecular complexity index is 900. The highest BCUT2D eigenvalue weighted by molar-refractivity contribution is 6.02. The molecule has 0 aliphatic rings. The van der Waals surface area contributed by atoms with Gasteiger partial charge in [-0.1, -0.05) is 57.2 Å². The summed E-state index contributed by atoms with van der Waals surface area (Å²) in [6.07, 6.45) is 3.73. The fourth-order valence-electron chi connectivity index (χ4n) is 2.19. The van der Waals surface area contributed by atoms with Crippen molar-refractivity contribution in [3.63, 3.8) is 0 Å². The van der Waals surface area contributed by atoms with E-state index in [1.165, 1.54) is 12.1 Å². The summed E-state index contributed by atoms with van der Waals surface area (Å²) < 4.78 is 0. The predicted molar refractivity (Wildman–Crippen MR) is 106 cm³/mol. The van der Waals surface area contributed by atoms with Gasteiger partial charge >= 0.3 is 5.69 Å².